The molecule has 2 aromatic carbocycles. The number of alkyl halides is 3. The van der Waals surface area contributed by atoms with E-state index in [1.807, 2.05) is 0 Å². The summed E-state index contributed by atoms with van der Waals surface area (Å²) >= 11 is 5.86. The summed E-state index contributed by atoms with van der Waals surface area (Å²) in [6.07, 6.45) is -4.75. The van der Waals surface area contributed by atoms with Crippen LogP contribution in [0.2, 0.25) is 5.02 Å². The first-order valence-electron chi connectivity index (χ1n) is 7.53. The fraction of sp³-hybridized carbons (Fsp3) is 0.235. The van der Waals surface area contributed by atoms with Crippen molar-refractivity contribution in [2.75, 3.05) is 13.7 Å². The number of rotatable bonds is 6. The molecule has 27 heavy (non-hydrogen) atoms. The average molecular weight is 422 g/mol. The molecule has 2 aromatic rings. The zero-order valence-electron chi connectivity index (χ0n) is 14.0. The van der Waals surface area contributed by atoms with Crippen molar-refractivity contribution in [1.29, 1.82) is 0 Å². The fourth-order valence-electron chi connectivity index (χ4n) is 2.24. The van der Waals surface area contributed by atoms with E-state index in [0.29, 0.717) is 17.7 Å². The van der Waals surface area contributed by atoms with Crippen LogP contribution in [-0.2, 0) is 32.3 Å². The largest absolute Gasteiger partial charge is 0.468 e. The summed E-state index contributed by atoms with van der Waals surface area (Å²) in [5, 5.41) is -0.383. The molecule has 0 fully saturated rings. The smallest absolute Gasteiger partial charge is 0.416 e. The van der Waals surface area contributed by atoms with Crippen molar-refractivity contribution in [2.24, 2.45) is 0 Å². The van der Waals surface area contributed by atoms with Crippen LogP contribution in [-0.4, -0.2) is 32.3 Å². The van der Waals surface area contributed by atoms with Crippen LogP contribution in [0.5, 0.6) is 0 Å². The van der Waals surface area contributed by atoms with Gasteiger partial charge in [0.2, 0.25) is 10.0 Å². The van der Waals surface area contributed by atoms with E-state index in [1.54, 1.807) is 30.3 Å². The Balaban J connectivity index is 2.51. The third-order valence-electron chi connectivity index (χ3n) is 3.61. The van der Waals surface area contributed by atoms with E-state index in [9.17, 15) is 26.4 Å². The first-order chi connectivity index (χ1) is 12.6. The molecular formula is C17H15ClF3NO4S. The quantitative estimate of drug-likeness (QED) is 0.667. The van der Waals surface area contributed by atoms with Gasteiger partial charge in [-0.1, -0.05) is 41.9 Å². The van der Waals surface area contributed by atoms with Crippen LogP contribution >= 0.6 is 11.6 Å². The zero-order chi connectivity index (χ0) is 20.2. The molecule has 0 N–H and O–H groups in total. The van der Waals surface area contributed by atoms with Crippen LogP contribution in [0, 0.1) is 0 Å². The van der Waals surface area contributed by atoms with E-state index in [2.05, 4.69) is 4.74 Å². The molecule has 146 valence electrons. The Bertz CT molecular complexity index is 918. The Morgan fingerprint density at radius 2 is 1.78 bits per heavy atom. The number of carbonyl (C=O) groups excluding carboxylic acids is 1. The highest BCUT2D eigenvalue weighted by Gasteiger charge is 2.35. The molecule has 5 nitrogen and oxygen atoms in total. The Labute approximate surface area is 159 Å². The summed E-state index contributed by atoms with van der Waals surface area (Å²) in [6.45, 7) is -0.925. The second-order valence-corrected chi connectivity index (χ2v) is 7.79. The van der Waals surface area contributed by atoms with Gasteiger partial charge in [0.05, 0.1) is 17.7 Å². The van der Waals surface area contributed by atoms with Crippen LogP contribution in [0.15, 0.2) is 53.4 Å². The van der Waals surface area contributed by atoms with Crippen LogP contribution in [0.4, 0.5) is 13.2 Å². The normalized spacial score (nSPS) is 12.2. The lowest BCUT2D eigenvalue weighted by molar-refractivity contribution is -0.141. The molecule has 0 aliphatic rings. The van der Waals surface area contributed by atoms with Gasteiger partial charge in [0.15, 0.2) is 0 Å². The molecule has 0 atom stereocenters. The second-order valence-electron chi connectivity index (χ2n) is 5.48. The number of hydrogen-bond acceptors (Lipinski definition) is 4. The summed E-state index contributed by atoms with van der Waals surface area (Å²) in [5.74, 6) is -0.863. The molecule has 0 radical (unpaired) electrons. The molecule has 0 amide bonds. The fourth-order valence-corrected chi connectivity index (χ4v) is 4.11. The van der Waals surface area contributed by atoms with Gasteiger partial charge < -0.3 is 4.74 Å². The van der Waals surface area contributed by atoms with Gasteiger partial charge in [-0.05, 0) is 23.8 Å². The molecule has 0 aromatic heterocycles. The maximum atomic E-state index is 13.0. The lowest BCUT2D eigenvalue weighted by atomic mass is 10.2. The van der Waals surface area contributed by atoms with E-state index < -0.39 is 39.2 Å². The van der Waals surface area contributed by atoms with Crippen molar-refractivity contribution in [3.8, 4) is 0 Å². The van der Waals surface area contributed by atoms with Gasteiger partial charge >= 0.3 is 12.1 Å². The van der Waals surface area contributed by atoms with E-state index in [-0.39, 0.29) is 11.6 Å². The first-order valence-corrected chi connectivity index (χ1v) is 9.35. The van der Waals surface area contributed by atoms with E-state index in [0.717, 1.165) is 17.5 Å². The van der Waals surface area contributed by atoms with E-state index in [1.165, 1.54) is 0 Å². The lowest BCUT2D eigenvalue weighted by Crippen LogP contribution is -2.36. The Morgan fingerprint density at radius 3 is 2.33 bits per heavy atom. The predicted octanol–water partition coefficient (Wildman–Crippen LogP) is 3.72. The molecule has 2 rings (SSSR count). The third-order valence-corrected chi connectivity index (χ3v) is 5.88. The second kappa shape index (κ2) is 8.28. The highest BCUT2D eigenvalue weighted by molar-refractivity contribution is 7.89. The molecule has 0 aliphatic carbocycles. The van der Waals surface area contributed by atoms with Crippen molar-refractivity contribution in [2.45, 2.75) is 17.6 Å². The van der Waals surface area contributed by atoms with Crippen molar-refractivity contribution < 1.29 is 31.1 Å². The van der Waals surface area contributed by atoms with Crippen LogP contribution in [0.1, 0.15) is 11.1 Å². The Kier molecular flexibility index (Phi) is 6.50. The first kappa shape index (κ1) is 21.2. The van der Waals surface area contributed by atoms with Crippen LogP contribution < -0.4 is 0 Å². The Hall–Kier alpha value is -2.10. The van der Waals surface area contributed by atoms with Gasteiger partial charge in [0.1, 0.15) is 11.4 Å². The van der Waals surface area contributed by atoms with Crippen molar-refractivity contribution in [1.82, 2.24) is 4.31 Å². The molecule has 10 heteroatoms. The van der Waals surface area contributed by atoms with E-state index in [4.69, 9.17) is 11.6 Å². The van der Waals surface area contributed by atoms with Crippen molar-refractivity contribution in [3.05, 3.63) is 64.7 Å². The summed E-state index contributed by atoms with van der Waals surface area (Å²) in [7, 11) is -3.44. The van der Waals surface area contributed by atoms with Crippen LogP contribution in [0.3, 0.4) is 0 Å². The van der Waals surface area contributed by atoms with Gasteiger partial charge in [0.25, 0.3) is 0 Å². The number of hydrogen-bond donors (Lipinski definition) is 0. The number of benzene rings is 2. The van der Waals surface area contributed by atoms with Gasteiger partial charge in [-0.15, -0.1) is 0 Å². The summed E-state index contributed by atoms with van der Waals surface area (Å²) in [5.41, 5.74) is -0.628. The topological polar surface area (TPSA) is 63.7 Å². The predicted molar refractivity (Wildman–Crippen MR) is 92.5 cm³/mol. The van der Waals surface area contributed by atoms with Gasteiger partial charge in [-0.25, -0.2) is 8.42 Å². The number of esters is 1. The molecule has 0 bridgehead atoms. The average Bonchev–Trinajstić information content (AvgIpc) is 2.61. The summed E-state index contributed by atoms with van der Waals surface area (Å²) in [6, 6.07) is 10.3. The molecule has 0 heterocycles. The van der Waals surface area contributed by atoms with Crippen LogP contribution in [0.25, 0.3) is 0 Å². The van der Waals surface area contributed by atoms with Gasteiger partial charge in [-0.3, -0.25) is 4.79 Å². The molecule has 0 saturated carbocycles. The standard InChI is InChI=1S/C17H15ClF3NO4S/c1-26-16(23)11-22(10-12-5-3-2-4-6-12)27(24,25)15-9-13(17(19,20)21)7-8-14(15)18/h2-9H,10-11H2,1H3. The minimum absolute atomic E-state index is 0.245. The van der Waals surface area contributed by atoms with Gasteiger partial charge in [-0.2, -0.15) is 17.5 Å². The monoisotopic (exact) mass is 421 g/mol. The van der Waals surface area contributed by atoms with E-state index >= 15 is 0 Å². The zero-order valence-corrected chi connectivity index (χ0v) is 15.6. The minimum Gasteiger partial charge on any atom is -0.468 e. The number of nitrogens with zero attached hydrogens (tertiary/aromatic N) is 1. The summed E-state index contributed by atoms with van der Waals surface area (Å²) in [4.78, 5) is 10.9. The molecular weight excluding hydrogens is 407 g/mol. The minimum atomic E-state index is -4.75. The number of ether oxygens (including phenoxy) is 1. The number of methoxy groups -OCH3 is 1. The molecule has 0 unspecified atom stereocenters. The van der Waals surface area contributed by atoms with Crippen molar-refractivity contribution >= 4 is 27.6 Å². The number of halogens is 4. The highest BCUT2D eigenvalue weighted by atomic mass is 35.5. The summed E-state index contributed by atoms with van der Waals surface area (Å²) < 4.78 is 70.1. The highest BCUT2D eigenvalue weighted by Crippen LogP contribution is 2.34. The SMILES string of the molecule is COC(=O)CN(Cc1ccccc1)S(=O)(=O)c1cc(C(F)(F)F)ccc1Cl. The number of carbonyl (C=O) groups is 1. The van der Waals surface area contributed by atoms with Gasteiger partial charge in [0, 0.05) is 6.54 Å². The molecule has 0 spiro atoms. The maximum absolute atomic E-state index is 13.0. The maximum Gasteiger partial charge on any atom is 0.416 e. The number of sulfonamides is 1. The Morgan fingerprint density at radius 1 is 1.15 bits per heavy atom. The lowest BCUT2D eigenvalue weighted by Gasteiger charge is -2.22. The third kappa shape index (κ3) is 5.21. The molecule has 0 saturated heterocycles. The van der Waals surface area contributed by atoms with Crippen molar-refractivity contribution in [3.63, 3.8) is 0 Å². The molecule has 0 aliphatic heterocycles.